The normalized spacial score (nSPS) is 18.0. The summed E-state index contributed by atoms with van der Waals surface area (Å²) in [5, 5.41) is 12.4. The van der Waals surface area contributed by atoms with Crippen molar-refractivity contribution in [1.29, 1.82) is 5.41 Å². The molecule has 1 aromatic carbocycles. The smallest absolute Gasteiger partial charge is 0.243 e. The predicted molar refractivity (Wildman–Crippen MR) is 110 cm³/mol. The van der Waals surface area contributed by atoms with E-state index in [4.69, 9.17) is 16.9 Å². The Hall–Kier alpha value is -2.94. The Bertz CT molecular complexity index is 711. The zero-order chi connectivity index (χ0) is 21.2. The zero-order valence-corrected chi connectivity index (χ0v) is 16.4. The predicted octanol–water partition coefficient (Wildman–Crippen LogP) is -0.595. The highest BCUT2D eigenvalue weighted by atomic mass is 16.2. The molecule has 29 heavy (non-hydrogen) atoms. The van der Waals surface area contributed by atoms with Crippen molar-refractivity contribution in [3.8, 4) is 0 Å². The summed E-state index contributed by atoms with van der Waals surface area (Å²) >= 11 is 0. The number of likely N-dealkylation sites (tertiary alicyclic amines) is 1. The third-order valence-corrected chi connectivity index (χ3v) is 4.90. The molecule has 0 bridgehead atoms. The Morgan fingerprint density at radius 1 is 1.31 bits per heavy atom. The summed E-state index contributed by atoms with van der Waals surface area (Å²) in [5.74, 6) is -0.771. The van der Waals surface area contributed by atoms with Crippen LogP contribution in [0.3, 0.4) is 0 Å². The van der Waals surface area contributed by atoms with Gasteiger partial charge in [0.1, 0.15) is 6.04 Å². The van der Waals surface area contributed by atoms with Gasteiger partial charge in [0.2, 0.25) is 18.1 Å². The first kappa shape index (κ1) is 22.4. The number of guanidine groups is 1. The summed E-state index contributed by atoms with van der Waals surface area (Å²) < 4.78 is 0. The Morgan fingerprint density at radius 3 is 2.69 bits per heavy atom. The van der Waals surface area contributed by atoms with E-state index in [-0.39, 0.29) is 17.8 Å². The molecule has 7 N–H and O–H groups in total. The van der Waals surface area contributed by atoms with Crippen LogP contribution in [-0.4, -0.2) is 60.2 Å². The fourth-order valence-electron chi connectivity index (χ4n) is 3.43. The highest BCUT2D eigenvalue weighted by molar-refractivity contribution is 5.91. The number of rotatable bonds is 10. The lowest BCUT2D eigenvalue weighted by Gasteiger charge is -2.27. The van der Waals surface area contributed by atoms with Crippen LogP contribution in [0.5, 0.6) is 0 Å². The summed E-state index contributed by atoms with van der Waals surface area (Å²) in [6, 6.07) is 7.37. The van der Waals surface area contributed by atoms with Crippen LogP contribution in [0.1, 0.15) is 31.2 Å². The van der Waals surface area contributed by atoms with E-state index in [9.17, 15) is 14.4 Å². The van der Waals surface area contributed by atoms with Crippen molar-refractivity contribution in [3.05, 3.63) is 35.9 Å². The second-order valence-electron chi connectivity index (χ2n) is 7.15. The molecule has 1 saturated heterocycles. The molecule has 157 valence electrons. The van der Waals surface area contributed by atoms with Crippen molar-refractivity contribution in [2.45, 2.75) is 50.2 Å². The van der Waals surface area contributed by atoms with Crippen LogP contribution in [0.15, 0.2) is 30.3 Å². The minimum absolute atomic E-state index is 0.146. The number of carbonyl (C=O) groups excluding carboxylic acids is 3. The van der Waals surface area contributed by atoms with Gasteiger partial charge in [0, 0.05) is 13.1 Å². The minimum atomic E-state index is -0.771. The monoisotopic (exact) mass is 401 g/mol. The molecule has 0 aromatic heterocycles. The van der Waals surface area contributed by atoms with Gasteiger partial charge in [0.25, 0.3) is 0 Å². The maximum absolute atomic E-state index is 12.8. The molecule has 9 heteroatoms. The number of carbonyl (C=O) groups is 2. The van der Waals surface area contributed by atoms with Crippen molar-refractivity contribution < 1.29 is 14.4 Å². The molecule has 1 fully saturated rings. The lowest BCUT2D eigenvalue weighted by Crippen LogP contribution is -2.53. The van der Waals surface area contributed by atoms with Crippen molar-refractivity contribution in [3.63, 3.8) is 0 Å². The average Bonchev–Trinajstić information content (AvgIpc) is 3.20. The molecule has 3 unspecified atom stereocenters. The number of hydrogen-bond acceptors (Lipinski definition) is 5. The lowest BCUT2D eigenvalue weighted by atomic mass is 10.0. The Labute approximate surface area is 170 Å². The summed E-state index contributed by atoms with van der Waals surface area (Å²) in [6.07, 6.45) is 4.37. The van der Waals surface area contributed by atoms with E-state index in [0.717, 1.165) is 5.56 Å². The van der Waals surface area contributed by atoms with E-state index in [1.165, 1.54) is 4.90 Å². The van der Waals surface area contributed by atoms with Gasteiger partial charge in [0.05, 0.1) is 12.1 Å². The summed E-state index contributed by atoms with van der Waals surface area (Å²) in [5.41, 5.74) is 12.3. The third kappa shape index (κ3) is 6.86. The molecule has 0 spiro atoms. The van der Waals surface area contributed by atoms with Crippen LogP contribution < -0.4 is 22.1 Å². The first-order chi connectivity index (χ1) is 13.9. The van der Waals surface area contributed by atoms with Crippen molar-refractivity contribution in [1.82, 2.24) is 15.5 Å². The SMILES string of the molecule is N=C(N)NCCCC([C]=O)NC(=O)C1CCCN1C(=O)C(N)Cc1ccccc1. The second kappa shape index (κ2) is 11.2. The number of hydrogen-bond donors (Lipinski definition) is 5. The second-order valence-corrected chi connectivity index (χ2v) is 7.15. The highest BCUT2D eigenvalue weighted by Crippen LogP contribution is 2.19. The van der Waals surface area contributed by atoms with Gasteiger partial charge in [-0.05, 0) is 37.7 Å². The number of amides is 2. The molecule has 1 radical (unpaired) electrons. The molecule has 1 aromatic rings. The quantitative estimate of drug-likeness (QED) is 0.200. The summed E-state index contributed by atoms with van der Waals surface area (Å²) in [6.45, 7) is 0.892. The summed E-state index contributed by atoms with van der Waals surface area (Å²) in [7, 11) is 0. The van der Waals surface area contributed by atoms with Crippen LogP contribution in [-0.2, 0) is 20.8 Å². The first-order valence-electron chi connectivity index (χ1n) is 9.78. The topological polar surface area (TPSA) is 154 Å². The molecule has 9 nitrogen and oxygen atoms in total. The average molecular weight is 401 g/mol. The summed E-state index contributed by atoms with van der Waals surface area (Å²) in [4.78, 5) is 38.2. The molecule has 2 amide bonds. The molecule has 0 saturated carbocycles. The fourth-order valence-corrected chi connectivity index (χ4v) is 3.43. The van der Waals surface area contributed by atoms with Gasteiger partial charge in [-0.1, -0.05) is 30.3 Å². The number of benzene rings is 1. The molecule has 3 atom stereocenters. The number of nitrogens with zero attached hydrogens (tertiary/aromatic N) is 1. The van der Waals surface area contributed by atoms with Crippen molar-refractivity contribution in [2.75, 3.05) is 13.1 Å². The fraction of sp³-hybridized carbons (Fsp3) is 0.500. The van der Waals surface area contributed by atoms with Crippen molar-refractivity contribution in [2.24, 2.45) is 11.5 Å². The standard InChI is InChI=1S/C20H29N6O3/c21-16(12-14-6-2-1-3-7-14)19(29)26-11-5-9-17(26)18(28)25-15(13-27)8-4-10-24-20(22)23/h1-3,6-7,15-17H,4-5,8-12,21H2,(H,25,28)(H4,22,23,24). The Morgan fingerprint density at radius 2 is 2.03 bits per heavy atom. The Balaban J connectivity index is 1.89. The molecular formula is C20H29N6O3. The zero-order valence-electron chi connectivity index (χ0n) is 16.4. The van der Waals surface area contributed by atoms with E-state index >= 15 is 0 Å². The van der Waals surface area contributed by atoms with Gasteiger partial charge >= 0.3 is 0 Å². The largest absolute Gasteiger partial charge is 0.370 e. The highest BCUT2D eigenvalue weighted by Gasteiger charge is 2.36. The lowest BCUT2D eigenvalue weighted by molar-refractivity contribution is -0.139. The van der Waals surface area contributed by atoms with Gasteiger partial charge in [-0.15, -0.1) is 0 Å². The van der Waals surface area contributed by atoms with E-state index in [1.54, 1.807) is 0 Å². The maximum atomic E-state index is 12.8. The number of nitrogens with two attached hydrogens (primary N) is 2. The van der Waals surface area contributed by atoms with E-state index < -0.39 is 18.1 Å². The maximum Gasteiger partial charge on any atom is 0.243 e. The molecular weight excluding hydrogens is 372 g/mol. The van der Waals surface area contributed by atoms with Crippen LogP contribution in [0.25, 0.3) is 0 Å². The molecule has 0 aliphatic carbocycles. The first-order valence-corrected chi connectivity index (χ1v) is 9.78. The molecule has 1 aliphatic heterocycles. The molecule has 1 aliphatic rings. The van der Waals surface area contributed by atoms with Crippen LogP contribution in [0, 0.1) is 5.41 Å². The van der Waals surface area contributed by atoms with Crippen LogP contribution in [0.4, 0.5) is 0 Å². The van der Waals surface area contributed by atoms with Gasteiger partial charge in [0.15, 0.2) is 5.96 Å². The van der Waals surface area contributed by atoms with Gasteiger partial charge in [-0.3, -0.25) is 19.8 Å². The minimum Gasteiger partial charge on any atom is -0.370 e. The number of nitrogens with one attached hydrogen (secondary N) is 3. The van der Waals surface area contributed by atoms with E-state index in [2.05, 4.69) is 10.6 Å². The van der Waals surface area contributed by atoms with E-state index in [0.29, 0.717) is 45.2 Å². The van der Waals surface area contributed by atoms with Gasteiger partial charge < -0.3 is 27.0 Å². The third-order valence-electron chi connectivity index (χ3n) is 4.90. The molecule has 2 rings (SSSR count). The van der Waals surface area contributed by atoms with Gasteiger partial charge in [-0.25, -0.2) is 0 Å². The molecule has 1 heterocycles. The van der Waals surface area contributed by atoms with Crippen LogP contribution >= 0.6 is 0 Å². The Kier molecular flexibility index (Phi) is 8.60. The van der Waals surface area contributed by atoms with E-state index in [1.807, 2.05) is 36.6 Å². The van der Waals surface area contributed by atoms with Gasteiger partial charge in [-0.2, -0.15) is 0 Å². The van der Waals surface area contributed by atoms with Crippen LogP contribution in [0.2, 0.25) is 0 Å². The van der Waals surface area contributed by atoms with Crippen molar-refractivity contribution >= 4 is 24.1 Å².